The number of aromatic nitrogens is 1. The van der Waals surface area contributed by atoms with Crippen molar-refractivity contribution in [2.45, 2.75) is 40.0 Å². The van der Waals surface area contributed by atoms with Gasteiger partial charge in [-0.1, -0.05) is 611 Å². The molecule has 0 spiro atoms. The molecule has 0 radical (unpaired) electrons. The van der Waals surface area contributed by atoms with Crippen LogP contribution in [0.4, 0.5) is 0 Å². The van der Waals surface area contributed by atoms with Gasteiger partial charge in [0.2, 0.25) is 0 Å². The van der Waals surface area contributed by atoms with E-state index in [2.05, 4.69) is 634 Å². The molecule has 0 aliphatic heterocycles. The Balaban J connectivity index is 0.000000128. The lowest BCUT2D eigenvalue weighted by Gasteiger charge is -2.23. The molecule has 0 aliphatic rings. The number of pyridine rings is 1. The van der Waals surface area contributed by atoms with Crippen molar-refractivity contribution in [2.24, 2.45) is 0 Å². The Kier molecular flexibility index (Phi) is 34.7. The number of hydrogen-bond donors (Lipinski definition) is 0. The molecule has 0 N–H and O–H groups in total. The molecule has 19 aromatic carbocycles. The van der Waals surface area contributed by atoms with Crippen molar-refractivity contribution in [1.82, 2.24) is 4.98 Å². The number of benzene rings is 19. The molecule has 0 fully saturated rings. The summed E-state index contributed by atoms with van der Waals surface area (Å²) < 4.78 is 0. The lowest BCUT2D eigenvalue weighted by Crippen LogP contribution is -2.21. The molecule has 146 heavy (non-hydrogen) atoms. The third kappa shape index (κ3) is 28.2. The second kappa shape index (κ2) is 50.7. The molecule has 0 amide bonds. The Bertz CT molecular complexity index is 7580. The maximum absolute atomic E-state index is 4.63. The van der Waals surface area contributed by atoms with Crippen molar-refractivity contribution in [3.05, 3.63) is 628 Å². The molecular weight excluding hydrogens is 1830 g/mol. The van der Waals surface area contributed by atoms with E-state index in [0.717, 1.165) is 11.4 Å². The Hall–Kier alpha value is -16.2. The van der Waals surface area contributed by atoms with Crippen LogP contribution >= 0.6 is 31.3 Å². The lowest BCUT2D eigenvalue weighted by atomic mass is 9.87. The van der Waals surface area contributed by atoms with E-state index in [9.17, 15) is 0 Å². The molecule has 0 bridgehead atoms. The highest BCUT2D eigenvalue weighted by Gasteiger charge is 2.23. The van der Waals surface area contributed by atoms with Crippen LogP contribution in [-0.2, 0) is 5.41 Å². The van der Waals surface area contributed by atoms with Gasteiger partial charge in [-0.05, 0) is 238 Å². The highest BCUT2D eigenvalue weighted by atomic mass is 31.1. The average molecular weight is 1950 g/mol. The fourth-order valence-corrected chi connectivity index (χ4v) is 27.1. The molecule has 0 unspecified atom stereocenters. The van der Waals surface area contributed by atoms with Crippen LogP contribution in [0.5, 0.6) is 0 Å². The Labute approximate surface area is 868 Å². The van der Waals surface area contributed by atoms with E-state index in [4.69, 9.17) is 0 Å². The van der Waals surface area contributed by atoms with Crippen molar-refractivity contribution in [3.8, 4) is 5.30 Å². The number of fused-ring (bicyclic) bond motifs is 3. The van der Waals surface area contributed by atoms with Gasteiger partial charge in [-0.25, -0.2) is 0 Å². The lowest BCUT2D eigenvalue weighted by molar-refractivity contribution is 0.590. The average Bonchev–Trinajstić information content (AvgIpc) is 1.59. The standard InChI is InChI=1S/C38H35P.C35H30NP.C34H25P.C34H27P/c1-38(2,3)34-22-28-37(29-23-34)39(35-24-18-32(19-25-35)16-14-30-10-6-4-7-11-30)36-26-20-33(21-27-36)17-15-31-12-8-5-9-13-31;1-27-25-35(26-28(2)36-27)37(33-21-17-31(18-22-33)15-13-29-9-5-3-6-10-29)34-23-19-32(20-24-34)16-14-30-11-7-4-8-12-30;1-4-10-26(11-5-1)16-18-28-20-22-33-31(24-28)32-25-29(19-17-27-12-6-2-7-13-27)21-23-34(32)35(33)30-14-8-3-9-15-30;1-4-10-28(11-5-1)16-18-30-20-24-33(25-21-30)35(32-14-8-3-9-15-32)34-26-22-31(23-27-34)19-17-29-12-6-2-7-13-29/h4-29H,1-3H3;3-26H,1-2H3;1-25H;1-27H/b16-14+,17-15+;15-13+,16-14+;2*18-16+,19-17+. The molecule has 2 aromatic heterocycles. The quantitative estimate of drug-likeness (QED) is 0.0389. The predicted molar refractivity (Wildman–Crippen MR) is 650 cm³/mol. The van der Waals surface area contributed by atoms with Crippen LogP contribution in [0.15, 0.2) is 522 Å². The topological polar surface area (TPSA) is 12.9 Å². The zero-order valence-electron chi connectivity index (χ0n) is 83.1. The molecular formula is C141H117NP4. The zero-order chi connectivity index (χ0) is 99.7. The summed E-state index contributed by atoms with van der Waals surface area (Å²) in [6.45, 7) is 11.0. The summed E-state index contributed by atoms with van der Waals surface area (Å²) in [7, 11) is -2.55. The van der Waals surface area contributed by atoms with Gasteiger partial charge >= 0.3 is 0 Å². The molecule has 0 saturated heterocycles. The van der Waals surface area contributed by atoms with E-state index in [1.165, 1.54) is 169 Å². The van der Waals surface area contributed by atoms with Crippen molar-refractivity contribution in [2.75, 3.05) is 0 Å². The van der Waals surface area contributed by atoms with Crippen molar-refractivity contribution < 1.29 is 0 Å². The highest BCUT2D eigenvalue weighted by Crippen LogP contribution is 2.55. The molecule has 0 saturated carbocycles. The van der Waals surface area contributed by atoms with Gasteiger partial charge in [-0.15, -0.1) is 0 Å². The Morgan fingerprint density at radius 3 is 0.562 bits per heavy atom. The largest absolute Gasteiger partial charge is 0.258 e. The summed E-state index contributed by atoms with van der Waals surface area (Å²) in [5.74, 6) is 0. The van der Waals surface area contributed by atoms with Crippen LogP contribution in [0, 0.1) is 13.8 Å². The fourth-order valence-electron chi connectivity index (χ4n) is 17.6. The molecule has 2 heterocycles. The number of hydrogen-bond acceptors (Lipinski definition) is 1. The van der Waals surface area contributed by atoms with Crippen LogP contribution < -0.4 is 47.7 Å². The van der Waals surface area contributed by atoms with Crippen LogP contribution in [-0.4, -0.2) is 4.98 Å². The summed E-state index contributed by atoms with van der Waals surface area (Å²) in [5.41, 5.74) is 23.0. The summed E-state index contributed by atoms with van der Waals surface area (Å²) in [6, 6.07) is 187. The van der Waals surface area contributed by atoms with Crippen LogP contribution in [0.3, 0.4) is 0 Å². The summed E-state index contributed by atoms with van der Waals surface area (Å²) in [5, 5.41) is 19.2. The van der Waals surface area contributed by atoms with E-state index in [-0.39, 0.29) is 5.41 Å². The van der Waals surface area contributed by atoms with Crippen LogP contribution in [0.1, 0.15) is 127 Å². The smallest absolute Gasteiger partial charge is 0.0382 e. The van der Waals surface area contributed by atoms with Crippen molar-refractivity contribution >= 4 is 197 Å². The maximum Gasteiger partial charge on any atom is 0.0382 e. The molecule has 21 aromatic rings. The third-order valence-corrected chi connectivity index (χ3v) is 35.1. The minimum absolute atomic E-state index is 0.140. The molecule has 1 nitrogen and oxygen atoms in total. The van der Waals surface area contributed by atoms with Gasteiger partial charge in [0.1, 0.15) is 0 Å². The molecule has 0 atom stereocenters. The number of aryl methyl sites for hydroxylation is 2. The second-order valence-electron chi connectivity index (χ2n) is 37.0. The molecule has 0 aliphatic carbocycles. The zero-order valence-corrected chi connectivity index (χ0v) is 86.7. The fraction of sp³-hybridized carbons (Fsp3) is 0.0426. The van der Waals surface area contributed by atoms with Crippen molar-refractivity contribution in [1.29, 1.82) is 0 Å². The minimum atomic E-state index is -0.698. The molecule has 21 rings (SSSR count). The van der Waals surface area contributed by atoms with Gasteiger partial charge in [0, 0.05) is 21.6 Å². The van der Waals surface area contributed by atoms with Crippen LogP contribution in [0.25, 0.3) is 124 Å². The van der Waals surface area contributed by atoms with E-state index >= 15 is 0 Å². The van der Waals surface area contributed by atoms with Gasteiger partial charge in [-0.3, -0.25) is 4.98 Å². The summed E-state index contributed by atoms with van der Waals surface area (Å²) >= 11 is 0. The van der Waals surface area contributed by atoms with Crippen molar-refractivity contribution in [3.63, 3.8) is 0 Å². The van der Waals surface area contributed by atoms with Gasteiger partial charge in [-0.2, -0.15) is 0 Å². The first-order valence-electron chi connectivity index (χ1n) is 49.9. The Morgan fingerprint density at radius 2 is 0.342 bits per heavy atom. The van der Waals surface area contributed by atoms with E-state index in [0.29, 0.717) is 0 Å². The number of rotatable bonds is 26. The van der Waals surface area contributed by atoms with Gasteiger partial charge in [0.15, 0.2) is 0 Å². The van der Waals surface area contributed by atoms with E-state index in [1.807, 2.05) is 24.3 Å². The SMILES string of the molecule is C(=C\c1ccc(P(c2ccccc2)c2ccc(/C=C/c3ccccc3)cc2)cc1)/c1ccccc1.C(=C\c1ccc2c(c1)c1cc(/C=C/c3ccccc3)ccc1p2-c1ccccc1)/c1ccccc1.CC(C)(C)c1ccc(P(c2ccc(/C=C/c3ccccc3)cc2)c2ccc(/C=C/c3ccccc3)cc2)cc1.Cc1cc(P(c2ccc(/C=C/c3ccccc3)cc2)c2ccc(/C=C/c3ccccc3)cc2)cc(C)n1. The first-order chi connectivity index (χ1) is 71.8. The third-order valence-electron chi connectivity index (χ3n) is 25.2. The first-order valence-corrected chi connectivity index (χ1v) is 55.3. The van der Waals surface area contributed by atoms with E-state index < -0.39 is 31.3 Å². The minimum Gasteiger partial charge on any atom is -0.258 e. The van der Waals surface area contributed by atoms with Gasteiger partial charge in [0.25, 0.3) is 0 Å². The monoisotopic (exact) mass is 1950 g/mol. The Morgan fingerprint density at radius 1 is 0.171 bits per heavy atom. The van der Waals surface area contributed by atoms with Crippen LogP contribution in [0.2, 0.25) is 0 Å². The maximum atomic E-state index is 4.63. The summed E-state index contributed by atoms with van der Waals surface area (Å²) in [4.78, 5) is 4.63. The molecule has 5 heteroatoms. The normalized spacial score (nSPS) is 11.7. The second-order valence-corrected chi connectivity index (χ2v) is 45.8. The first kappa shape index (κ1) is 100.0. The number of nitrogens with zero attached hydrogens (tertiary/aromatic N) is 1. The van der Waals surface area contributed by atoms with Gasteiger partial charge < -0.3 is 0 Å². The predicted octanol–water partition coefficient (Wildman–Crippen LogP) is 35.0. The van der Waals surface area contributed by atoms with E-state index in [1.54, 1.807) is 0 Å². The highest BCUT2D eigenvalue weighted by molar-refractivity contribution is 7.80. The molecule has 706 valence electrons. The summed E-state index contributed by atoms with van der Waals surface area (Å²) in [6.07, 6.45) is 34.9. The van der Waals surface area contributed by atoms with Gasteiger partial charge in [0.05, 0.1) is 0 Å².